The number of hydrogen-bond acceptors (Lipinski definition) is 6. The van der Waals surface area contributed by atoms with Crippen molar-refractivity contribution in [2.24, 2.45) is 50.7 Å². The van der Waals surface area contributed by atoms with Crippen LogP contribution in [0, 0.1) is 50.7 Å². The van der Waals surface area contributed by atoms with Crippen LogP contribution in [0.4, 0.5) is 0 Å². The van der Waals surface area contributed by atoms with E-state index in [0.29, 0.717) is 32.1 Å². The Balaban J connectivity index is 1.68. The summed E-state index contributed by atoms with van der Waals surface area (Å²) < 4.78 is 5.38. The van der Waals surface area contributed by atoms with E-state index in [1.165, 1.54) is 7.11 Å². The highest BCUT2D eigenvalue weighted by Gasteiger charge is 2.73. The Morgan fingerprint density at radius 3 is 2.35 bits per heavy atom. The van der Waals surface area contributed by atoms with Gasteiger partial charge in [0.2, 0.25) is 0 Å². The number of aliphatic hydroxyl groups excluding tert-OH is 1. The maximum atomic E-state index is 14.1. The molecule has 2 N–H and O–H groups in total. The molecule has 0 aromatic heterocycles. The molecular weight excluding hydrogens is 468 g/mol. The average Bonchev–Trinajstić information content (AvgIpc) is 2.83. The van der Waals surface area contributed by atoms with Crippen molar-refractivity contribution < 1.29 is 29.3 Å². The number of carbonyl (C=O) groups excluding carboxylic acids is 3. The smallest absolute Gasteiger partial charge is 0.312 e. The molecule has 0 radical (unpaired) electrons. The first-order valence-electron chi connectivity index (χ1n) is 14.3. The van der Waals surface area contributed by atoms with Gasteiger partial charge < -0.3 is 19.7 Å². The summed E-state index contributed by atoms with van der Waals surface area (Å²) >= 11 is 0. The highest BCUT2D eigenvalue weighted by molar-refractivity contribution is 5.89. The van der Waals surface area contributed by atoms with E-state index in [-0.39, 0.29) is 40.3 Å². The normalized spacial score (nSPS) is 55.1. The zero-order valence-corrected chi connectivity index (χ0v) is 23.7. The number of Topliss-reactive ketones (excluding diaryl/α,β-unsaturated/α-hetero) is 1. The lowest BCUT2D eigenvalue weighted by Gasteiger charge is -2.71. The fourth-order valence-corrected chi connectivity index (χ4v) is 10.8. The van der Waals surface area contributed by atoms with Crippen molar-refractivity contribution in [3.05, 3.63) is 11.6 Å². The third-order valence-electron chi connectivity index (χ3n) is 13.2. The third-order valence-corrected chi connectivity index (χ3v) is 13.2. The minimum absolute atomic E-state index is 0.0343. The lowest BCUT2D eigenvalue weighted by Crippen LogP contribution is -2.69. The molecule has 0 saturated heterocycles. The number of aliphatic hydroxyl groups is 2. The van der Waals surface area contributed by atoms with Gasteiger partial charge in [-0.3, -0.25) is 9.59 Å². The summed E-state index contributed by atoms with van der Waals surface area (Å²) in [6, 6.07) is 0. The lowest BCUT2D eigenvalue weighted by molar-refractivity contribution is -0.214. The highest BCUT2D eigenvalue weighted by atomic mass is 16.5. The van der Waals surface area contributed by atoms with E-state index in [2.05, 4.69) is 33.8 Å². The Morgan fingerprint density at radius 2 is 1.73 bits per heavy atom. The van der Waals surface area contributed by atoms with Crippen molar-refractivity contribution in [1.29, 1.82) is 0 Å². The Bertz CT molecular complexity index is 1060. The van der Waals surface area contributed by atoms with Crippen molar-refractivity contribution in [3.63, 3.8) is 0 Å². The largest absolute Gasteiger partial charge is 0.469 e. The number of methoxy groups -OCH3 is 1. The van der Waals surface area contributed by atoms with Crippen molar-refractivity contribution in [1.82, 2.24) is 0 Å². The highest BCUT2D eigenvalue weighted by Crippen LogP contribution is 2.75. The van der Waals surface area contributed by atoms with Gasteiger partial charge in [0.1, 0.15) is 12.1 Å². The van der Waals surface area contributed by atoms with Crippen LogP contribution in [0.3, 0.4) is 0 Å². The van der Waals surface area contributed by atoms with Gasteiger partial charge >= 0.3 is 5.97 Å². The second-order valence-corrected chi connectivity index (χ2v) is 14.6. The quantitative estimate of drug-likeness (QED) is 0.316. The number of ketones is 1. The van der Waals surface area contributed by atoms with Gasteiger partial charge in [-0.05, 0) is 86.9 Å². The van der Waals surface area contributed by atoms with E-state index in [1.54, 1.807) is 6.92 Å². The van der Waals surface area contributed by atoms with Crippen LogP contribution < -0.4 is 0 Å². The third kappa shape index (κ3) is 3.03. The average molecular weight is 515 g/mol. The van der Waals surface area contributed by atoms with E-state index in [4.69, 9.17) is 4.74 Å². The summed E-state index contributed by atoms with van der Waals surface area (Å²) in [5, 5.41) is 22.9. The zero-order valence-electron chi connectivity index (χ0n) is 23.7. The summed E-state index contributed by atoms with van der Waals surface area (Å²) in [7, 11) is 1.45. The van der Waals surface area contributed by atoms with Crippen LogP contribution in [-0.2, 0) is 19.1 Å². The molecular formula is C31H46O6. The van der Waals surface area contributed by atoms with Crippen LogP contribution in [0.1, 0.15) is 92.9 Å². The molecule has 0 aliphatic heterocycles. The first kappa shape index (κ1) is 27.1. The maximum Gasteiger partial charge on any atom is 0.312 e. The minimum atomic E-state index is -1.08. The van der Waals surface area contributed by atoms with Gasteiger partial charge in [-0.1, -0.05) is 39.3 Å². The maximum absolute atomic E-state index is 14.1. The van der Waals surface area contributed by atoms with Crippen molar-refractivity contribution >= 4 is 18.0 Å². The second-order valence-electron chi connectivity index (χ2n) is 14.6. The van der Waals surface area contributed by atoms with Gasteiger partial charge in [-0.2, -0.15) is 0 Å². The van der Waals surface area contributed by atoms with E-state index in [0.717, 1.165) is 31.1 Å². The molecule has 6 nitrogen and oxygen atoms in total. The molecule has 206 valence electrons. The summed E-state index contributed by atoms with van der Waals surface area (Å²) in [5.74, 6) is -0.831. The number of rotatable bonds is 2. The molecule has 0 heterocycles. The Kier molecular flexibility index (Phi) is 5.85. The molecule has 5 aliphatic carbocycles. The molecule has 0 aromatic rings. The molecule has 4 saturated carbocycles. The SMILES string of the molecule is COC(=O)[C@]12CC[C@@H](C)[C@@](C)(O)[C@H]1C1=CC[C@@H]3[C@@]4(C)CC[C@H](O)[C@@](C)(C=O)[C@@H]4C(=O)C[C@@]3(C)[C@]1(C)CC2. The number of hydrogen-bond donors (Lipinski definition) is 2. The molecule has 0 bridgehead atoms. The topological polar surface area (TPSA) is 101 Å². The van der Waals surface area contributed by atoms with Crippen LogP contribution in [0.5, 0.6) is 0 Å². The Labute approximate surface area is 221 Å². The predicted molar refractivity (Wildman–Crippen MR) is 139 cm³/mol. The van der Waals surface area contributed by atoms with E-state index < -0.39 is 33.9 Å². The van der Waals surface area contributed by atoms with Gasteiger partial charge in [0.25, 0.3) is 0 Å². The lowest BCUT2D eigenvalue weighted by atomic mass is 9.33. The molecule has 0 spiro atoms. The number of aldehydes is 1. The number of carbonyl (C=O) groups is 3. The van der Waals surface area contributed by atoms with Crippen LogP contribution in [0.15, 0.2) is 11.6 Å². The molecule has 0 aromatic carbocycles. The minimum Gasteiger partial charge on any atom is -0.469 e. The molecule has 6 heteroatoms. The molecule has 0 amide bonds. The van der Waals surface area contributed by atoms with Crippen LogP contribution in [-0.4, -0.2) is 47.1 Å². The number of ether oxygens (including phenoxy) is 1. The molecule has 37 heavy (non-hydrogen) atoms. The van der Waals surface area contributed by atoms with E-state index in [9.17, 15) is 24.6 Å². The fraction of sp³-hybridized carbons (Fsp3) is 0.839. The van der Waals surface area contributed by atoms with Gasteiger partial charge in [0.05, 0.1) is 29.6 Å². The molecule has 0 unspecified atom stereocenters. The molecule has 5 aliphatic rings. The van der Waals surface area contributed by atoms with Crippen molar-refractivity contribution in [2.75, 3.05) is 7.11 Å². The van der Waals surface area contributed by atoms with E-state index in [1.807, 2.05) is 6.92 Å². The molecule has 11 atom stereocenters. The van der Waals surface area contributed by atoms with Gasteiger partial charge in [0.15, 0.2) is 0 Å². The van der Waals surface area contributed by atoms with Gasteiger partial charge in [0, 0.05) is 18.3 Å². The second kappa shape index (κ2) is 8.00. The fourth-order valence-electron chi connectivity index (χ4n) is 10.8. The number of esters is 1. The van der Waals surface area contributed by atoms with Gasteiger partial charge in [-0.25, -0.2) is 0 Å². The summed E-state index contributed by atoms with van der Waals surface area (Å²) in [6.07, 6.45) is 7.47. The predicted octanol–water partition coefficient (Wildman–Crippen LogP) is 4.65. The number of allylic oxidation sites excluding steroid dienone is 1. The first-order chi connectivity index (χ1) is 17.1. The van der Waals surface area contributed by atoms with Crippen LogP contribution in [0.25, 0.3) is 0 Å². The summed E-state index contributed by atoms with van der Waals surface area (Å²) in [6.45, 7) is 12.4. The number of fused-ring (bicyclic) bond motifs is 7. The molecule has 4 fully saturated rings. The van der Waals surface area contributed by atoms with Crippen molar-refractivity contribution in [2.45, 2.75) is 105 Å². The van der Waals surface area contributed by atoms with Crippen LogP contribution in [0.2, 0.25) is 0 Å². The monoisotopic (exact) mass is 514 g/mol. The first-order valence-corrected chi connectivity index (χ1v) is 14.3. The Hall–Kier alpha value is -1.53. The summed E-state index contributed by atoms with van der Waals surface area (Å²) in [5.41, 5.74) is -2.95. The summed E-state index contributed by atoms with van der Waals surface area (Å²) in [4.78, 5) is 39.9. The van der Waals surface area contributed by atoms with Crippen LogP contribution >= 0.6 is 0 Å². The van der Waals surface area contributed by atoms with Crippen molar-refractivity contribution in [3.8, 4) is 0 Å². The zero-order chi connectivity index (χ0) is 27.4. The molecule has 5 rings (SSSR count). The van der Waals surface area contributed by atoms with E-state index >= 15 is 0 Å². The standard InChI is InChI=1S/C31H46O6/c1-18-10-13-31(25(35)37-7)15-14-28(4)19(23(31)30(18,6)36)8-9-21-26(2)12-11-22(34)27(3,17-32)24(26)20(33)16-29(21,28)5/h8,17-18,21-24,34,36H,9-16H2,1-7H3/t18-,21-,22+,23-,24-,26-,27-,28-,29-,30-,31+/m1/s1. The Morgan fingerprint density at radius 1 is 1.05 bits per heavy atom. The van der Waals surface area contributed by atoms with Gasteiger partial charge in [-0.15, -0.1) is 0 Å².